The molecule has 8 saturated heterocycles. The molecule has 0 spiro atoms. The van der Waals surface area contributed by atoms with Crippen LogP contribution in [0.15, 0.2) is 5.11 Å². The number of hydrogen-bond acceptors (Lipinski definition) is 38. The second-order valence-electron chi connectivity index (χ2n) is 27.2. The minimum atomic E-state index is -1.40. The predicted molar refractivity (Wildman–Crippen MR) is 360 cm³/mol. The van der Waals surface area contributed by atoms with Gasteiger partial charge in [-0.15, -0.1) is 0 Å². The lowest BCUT2D eigenvalue weighted by atomic mass is 9.94. The summed E-state index contributed by atoms with van der Waals surface area (Å²) in [6.07, 6.45) is -30.8. The second-order valence-corrected chi connectivity index (χ2v) is 27.2. The van der Waals surface area contributed by atoms with Gasteiger partial charge in [-0.1, -0.05) is 5.11 Å². The first kappa shape index (κ1) is 101. The number of methoxy groups -OCH3 is 1. The number of aliphatic carboxylic acids is 1. The number of hydrogen-bond donors (Lipinski definition) is 26. The summed E-state index contributed by atoms with van der Waals surface area (Å²) in [5.41, 5.74) is 8.23. The van der Waals surface area contributed by atoms with E-state index in [1.54, 1.807) is 48.5 Å². The molecule has 0 aromatic carbocycles. The van der Waals surface area contributed by atoms with Crippen molar-refractivity contribution in [3.8, 4) is 0 Å². The van der Waals surface area contributed by atoms with Crippen LogP contribution in [0.3, 0.4) is 0 Å². The monoisotopic (exact) mass is 1570 g/mol. The number of carboxylic acids is 1. The number of carbonyl (C=O) groups excluding carboxylic acids is 4. The number of nitrogens with zero attached hydrogens (tertiary/aromatic N) is 3. The number of aliphatic hydroxyl groups is 23. The van der Waals surface area contributed by atoms with Crippen LogP contribution in [-0.4, -0.2) is 419 Å². The summed E-state index contributed by atoms with van der Waals surface area (Å²) in [6.45, 7) is 19.5. The van der Waals surface area contributed by atoms with Gasteiger partial charge in [0.2, 0.25) is 17.7 Å². The highest BCUT2D eigenvalue weighted by atomic mass is 16.6. The van der Waals surface area contributed by atoms with Gasteiger partial charge < -0.3 is 186 Å². The van der Waals surface area contributed by atoms with E-state index < -0.39 is 220 Å². The molecular weight excluding hydrogens is 1440 g/mol. The van der Waals surface area contributed by atoms with Crippen molar-refractivity contribution in [2.24, 2.45) is 5.11 Å². The highest BCUT2D eigenvalue weighted by Crippen LogP contribution is 2.28. The maximum absolute atomic E-state index is 10.8. The van der Waals surface area contributed by atoms with Gasteiger partial charge in [0.25, 0.3) is 0 Å². The van der Waals surface area contributed by atoms with Crippen molar-refractivity contribution in [2.75, 3.05) is 40.1 Å². The summed E-state index contributed by atoms with van der Waals surface area (Å²) in [5.74, 6) is -1.98. The molecule has 630 valence electrons. The third kappa shape index (κ3) is 30.7. The largest absolute Gasteiger partial charge is 0.550 e. The number of ether oxygens (including phenoxy) is 9. The van der Waals surface area contributed by atoms with Crippen molar-refractivity contribution in [3.05, 3.63) is 10.4 Å². The third-order valence-electron chi connectivity index (χ3n) is 18.6. The SMILES string of the molecule is CC(=O)NC1CC(C)O[C@H](C)[C@H]1O.CC(=O)NC1[C@H](O)C(C)O[C@H](C)[C@H]1O.CC(=O)NCC1O[C@H](C)[C@@H](O)C(O)[C@@H]1O.COC1[C@H](O)C(CO)O[C@H](C)[C@H]1O.C[C@@H]1OC(CO)[C@H](O)C(O)[C@H]1O.C[C@H]1OC(CC(=O)[O-])[C@@H](O)C(O)[C@@H]1O.C[C@H]1OC(CO)[C@@H](N=[N+]=[N-])C(O)[C@@H]1O.C[C@H]1OC(CO)[C@@H](O)C(O)[C@H]1O. The molecule has 8 fully saturated rings. The van der Waals surface area contributed by atoms with Gasteiger partial charge >= 0.3 is 0 Å². The number of carboxylic acid groups (broad SMARTS) is 1. The average molecular weight is 1570 g/mol. The number of carbonyl (C=O) groups is 4. The number of aliphatic hydroxyl groups excluding tert-OH is 23. The maximum Gasteiger partial charge on any atom is 0.217 e. The number of amides is 3. The molecule has 0 aromatic heterocycles. The molecule has 39 atom stereocenters. The summed E-state index contributed by atoms with van der Waals surface area (Å²) in [5, 5.41) is 235. The average Bonchev–Trinajstić information content (AvgIpc) is 0.829. The highest BCUT2D eigenvalue weighted by molar-refractivity contribution is 5.74. The Morgan fingerprint density at radius 3 is 1.07 bits per heavy atom. The molecule has 0 saturated carbocycles. The van der Waals surface area contributed by atoms with Gasteiger partial charge in [0.1, 0.15) is 140 Å². The van der Waals surface area contributed by atoms with Gasteiger partial charge in [-0.2, -0.15) is 0 Å². The molecule has 16 unspecified atom stereocenters. The van der Waals surface area contributed by atoms with E-state index in [2.05, 4.69) is 26.0 Å². The van der Waals surface area contributed by atoms with E-state index in [1.807, 2.05) is 13.8 Å². The summed E-state index contributed by atoms with van der Waals surface area (Å²) in [4.78, 5) is 45.1. The zero-order valence-electron chi connectivity index (χ0n) is 62.3. The first-order valence-corrected chi connectivity index (χ1v) is 34.8. The molecule has 0 radical (unpaired) electrons. The van der Waals surface area contributed by atoms with Crippen molar-refractivity contribution in [2.45, 2.75) is 341 Å². The molecule has 0 aliphatic carbocycles. The van der Waals surface area contributed by atoms with E-state index in [0.29, 0.717) is 6.42 Å². The van der Waals surface area contributed by atoms with Crippen molar-refractivity contribution >= 4 is 23.7 Å². The van der Waals surface area contributed by atoms with Crippen LogP contribution in [-0.2, 0) is 61.8 Å². The minimum Gasteiger partial charge on any atom is -0.550 e. The van der Waals surface area contributed by atoms with Gasteiger partial charge in [-0.05, 0) is 81.2 Å². The van der Waals surface area contributed by atoms with Crippen LogP contribution < -0.4 is 21.1 Å². The van der Waals surface area contributed by atoms with Gasteiger partial charge in [-0.3, -0.25) is 14.4 Å². The summed E-state index contributed by atoms with van der Waals surface area (Å²) in [6, 6.07) is -1.77. The van der Waals surface area contributed by atoms with E-state index in [-0.39, 0.29) is 81.2 Å². The minimum absolute atomic E-state index is 0.0928. The van der Waals surface area contributed by atoms with E-state index in [1.165, 1.54) is 34.8 Å². The van der Waals surface area contributed by atoms with Gasteiger partial charge in [0, 0.05) is 51.7 Å². The molecule has 8 aliphatic rings. The number of nitrogens with one attached hydrogen (secondary N) is 3. The zero-order chi connectivity index (χ0) is 82.7. The second kappa shape index (κ2) is 48.7. The molecule has 0 aromatic rings. The molecular formula is C64H121N6O37-. The lowest BCUT2D eigenvalue weighted by Gasteiger charge is -2.40. The van der Waals surface area contributed by atoms with Crippen LogP contribution in [0.25, 0.3) is 10.4 Å². The molecule has 8 rings (SSSR count). The van der Waals surface area contributed by atoms with Gasteiger partial charge in [0.15, 0.2) is 0 Å². The molecule has 43 nitrogen and oxygen atoms in total. The lowest BCUT2D eigenvalue weighted by molar-refractivity contribution is -0.312. The lowest BCUT2D eigenvalue weighted by Crippen LogP contribution is -2.62. The van der Waals surface area contributed by atoms with E-state index in [0.717, 1.165) is 0 Å². The fourth-order valence-electron chi connectivity index (χ4n) is 12.1. The van der Waals surface area contributed by atoms with Crippen LogP contribution in [0.4, 0.5) is 0 Å². The van der Waals surface area contributed by atoms with Crippen molar-refractivity contribution in [1.82, 2.24) is 16.0 Å². The Labute approximate surface area is 618 Å². The Bertz CT molecular complexity index is 2520. The number of rotatable bonds is 12. The molecule has 8 heterocycles. The van der Waals surface area contributed by atoms with E-state index in [4.69, 9.17) is 68.6 Å². The smallest absolute Gasteiger partial charge is 0.217 e. The third-order valence-corrected chi connectivity index (χ3v) is 18.6. The van der Waals surface area contributed by atoms with Crippen LogP contribution in [0.1, 0.15) is 103 Å². The topological polar surface area (TPSA) is 725 Å². The fourth-order valence-corrected chi connectivity index (χ4v) is 12.1. The quantitative estimate of drug-likeness (QED) is 0.0490. The Morgan fingerprint density at radius 2 is 0.710 bits per heavy atom. The molecule has 43 heteroatoms. The molecule has 3 amide bonds. The zero-order valence-corrected chi connectivity index (χ0v) is 62.3. The Kier molecular flexibility index (Phi) is 46.0. The standard InChI is InChI=1S/C9H17NO5.C9H17NO4.C9H17NO3.C8H14O6.C8H16O5.C7H13N3O4.2C7H14O5/c1-4-7(12)9(14)8(13)6(15-4)3-10-5(2)11;1-4-8(12)7(10-6(3)11)9(13)5(2)14-4;1-5-4-8(10-7(3)11)9(12)6(2)13-5;1-3-6(11)8(13)7(12)4(14-3)2-5(9)10;1-4-6(10)8(12-2)7(11)5(3-9)13-4;1-3-6(12)7(13)5(9-10-8)4(2-11)14-3;2*1-3-5(9)7(11)6(10)4(2-8)12-3/h4,6-9,12-14H,3H2,1-2H3,(H,10,11);4-5,7-9,12-13H,1-3H3,(H,10,11);5-6,8-9,12H,4H2,1-3H3,(H,10,11);3-4,6-8,11-13H,2H2,1H3,(H,9,10);4-11H,3H2,1-2H3;3-7,11-13H,2H2,1H3;2*3-11H,2H2,1H3/p-1/t4-,6?,7-,8-,9?;4-,5?,7?,8-,9-;5?,6-,8?,9-;3-,4?,6-,7-,8?;4-,5?,6-,7-,8?;3-,4?,5-,6-,7?;3-,4?,5+,6-,7?;3-,4?,5-,6-,7?/m11111110/s1. The van der Waals surface area contributed by atoms with Gasteiger partial charge in [-0.25, -0.2) is 0 Å². The van der Waals surface area contributed by atoms with Crippen LogP contribution >= 0.6 is 0 Å². The molecule has 0 bridgehead atoms. The number of azide groups is 1. The van der Waals surface area contributed by atoms with E-state index >= 15 is 0 Å². The summed E-state index contributed by atoms with van der Waals surface area (Å²) < 4.78 is 46.2. The van der Waals surface area contributed by atoms with Crippen molar-refractivity contribution in [1.29, 1.82) is 0 Å². The summed E-state index contributed by atoms with van der Waals surface area (Å²) in [7, 11) is 1.41. The Morgan fingerprint density at radius 1 is 0.393 bits per heavy atom. The highest BCUT2D eigenvalue weighted by Gasteiger charge is 2.48. The van der Waals surface area contributed by atoms with Crippen molar-refractivity contribution in [3.63, 3.8) is 0 Å². The van der Waals surface area contributed by atoms with Gasteiger partial charge in [0.05, 0.1) is 124 Å². The molecule has 8 aliphatic heterocycles. The normalized spacial score (nSPS) is 44.3. The first-order chi connectivity index (χ1) is 49.7. The molecule has 107 heavy (non-hydrogen) atoms. The fraction of sp³-hybridized carbons (Fsp3) is 0.938. The van der Waals surface area contributed by atoms with Crippen LogP contribution in [0.5, 0.6) is 0 Å². The predicted octanol–water partition coefficient (Wildman–Crippen LogP) is -12.6. The van der Waals surface area contributed by atoms with Crippen molar-refractivity contribution < 1.29 is 184 Å². The Hall–Kier alpha value is -4.09. The maximum atomic E-state index is 10.8. The summed E-state index contributed by atoms with van der Waals surface area (Å²) >= 11 is 0. The van der Waals surface area contributed by atoms with Crippen LogP contribution in [0, 0.1) is 0 Å². The molecule has 26 N–H and O–H groups in total. The first-order valence-electron chi connectivity index (χ1n) is 34.8. The Balaban J connectivity index is 0.000000612. The van der Waals surface area contributed by atoms with Crippen LogP contribution in [0.2, 0.25) is 0 Å². The van der Waals surface area contributed by atoms with E-state index in [9.17, 15) is 121 Å².